The number of aliphatic hydroxyl groups excluding tert-OH is 1. The molecule has 0 saturated carbocycles. The van der Waals surface area contributed by atoms with Crippen LogP contribution in [0.3, 0.4) is 0 Å². The molecule has 20 heavy (non-hydrogen) atoms. The third-order valence-corrected chi connectivity index (χ3v) is 6.65. The molecule has 1 aromatic rings. The van der Waals surface area contributed by atoms with E-state index >= 15 is 0 Å². The summed E-state index contributed by atoms with van der Waals surface area (Å²) in [6, 6.07) is 3.36. The fourth-order valence-electron chi connectivity index (χ4n) is 2.07. The molecule has 112 valence electrons. The molecule has 1 aromatic carbocycles. The van der Waals surface area contributed by atoms with Crippen molar-refractivity contribution in [3.05, 3.63) is 28.8 Å². The molecule has 1 saturated heterocycles. The molecule has 0 unspecified atom stereocenters. The molecule has 0 radical (unpaired) electrons. The molecule has 1 fully saturated rings. The first-order valence-corrected chi connectivity index (χ1v) is 9.46. The number of sulfonamides is 1. The van der Waals surface area contributed by atoms with Crippen LogP contribution in [0.1, 0.15) is 5.56 Å². The van der Waals surface area contributed by atoms with Crippen LogP contribution in [0.5, 0.6) is 0 Å². The van der Waals surface area contributed by atoms with Crippen LogP contribution in [0.4, 0.5) is 0 Å². The summed E-state index contributed by atoms with van der Waals surface area (Å²) in [5.74, 6) is -0.846. The Morgan fingerprint density at radius 3 is 2.55 bits per heavy atom. The maximum Gasteiger partial charge on any atom is 0.241 e. The monoisotopic (exact) mass is 339 g/mol. The van der Waals surface area contributed by atoms with Crippen molar-refractivity contribution in [2.24, 2.45) is 0 Å². The first-order chi connectivity index (χ1) is 9.11. The Kier molecular flexibility index (Phi) is 4.14. The summed E-state index contributed by atoms with van der Waals surface area (Å²) < 4.78 is 49.5. The van der Waals surface area contributed by atoms with Crippen molar-refractivity contribution in [1.82, 2.24) is 4.72 Å². The minimum absolute atomic E-state index is 0.0264. The summed E-state index contributed by atoms with van der Waals surface area (Å²) in [5.41, 5.74) is 0.484. The van der Waals surface area contributed by atoms with Gasteiger partial charge in [-0.25, -0.2) is 21.6 Å². The molecule has 0 aliphatic carbocycles. The van der Waals surface area contributed by atoms with E-state index in [0.29, 0.717) is 5.56 Å². The Labute approximate surface area is 122 Å². The minimum atomic E-state index is -3.94. The lowest BCUT2D eigenvalue weighted by atomic mass is 10.2. The van der Waals surface area contributed by atoms with Gasteiger partial charge in [0.2, 0.25) is 10.0 Å². The Balaban J connectivity index is 2.31. The number of hydrogen-bond donors (Lipinski definition) is 2. The van der Waals surface area contributed by atoms with Crippen LogP contribution in [-0.4, -0.2) is 45.6 Å². The second-order valence-corrected chi connectivity index (χ2v) is 9.05. The van der Waals surface area contributed by atoms with Crippen LogP contribution in [-0.2, 0) is 19.9 Å². The molecule has 9 heteroatoms. The Hall–Kier alpha value is -0.670. The maximum atomic E-state index is 12.2. The highest BCUT2D eigenvalue weighted by Gasteiger charge is 2.39. The molecule has 2 rings (SSSR count). The van der Waals surface area contributed by atoms with Crippen molar-refractivity contribution in [2.75, 3.05) is 11.5 Å². The fourth-order valence-corrected chi connectivity index (χ4v) is 5.69. The van der Waals surface area contributed by atoms with Crippen LogP contribution in [0, 0.1) is 6.92 Å². The second-order valence-electron chi connectivity index (χ2n) is 4.78. The van der Waals surface area contributed by atoms with Crippen molar-refractivity contribution in [2.45, 2.75) is 24.0 Å². The van der Waals surface area contributed by atoms with Crippen LogP contribution in [0.15, 0.2) is 23.1 Å². The molecule has 1 aliphatic heterocycles. The summed E-state index contributed by atoms with van der Waals surface area (Å²) in [5, 5.41) is 9.89. The van der Waals surface area contributed by atoms with Crippen LogP contribution >= 0.6 is 11.6 Å². The van der Waals surface area contributed by atoms with Crippen molar-refractivity contribution < 1.29 is 21.9 Å². The number of aryl methyl sites for hydroxylation is 1. The third-order valence-electron chi connectivity index (χ3n) is 3.07. The van der Waals surface area contributed by atoms with Gasteiger partial charge in [-0.15, -0.1) is 0 Å². The van der Waals surface area contributed by atoms with Gasteiger partial charge in [0, 0.05) is 5.02 Å². The number of hydrogen-bond acceptors (Lipinski definition) is 5. The molecule has 1 aliphatic rings. The number of sulfone groups is 1. The van der Waals surface area contributed by atoms with E-state index in [1.54, 1.807) is 19.1 Å². The quantitative estimate of drug-likeness (QED) is 0.812. The summed E-state index contributed by atoms with van der Waals surface area (Å²) >= 11 is 5.78. The van der Waals surface area contributed by atoms with Crippen molar-refractivity contribution in [1.29, 1.82) is 0 Å². The predicted molar refractivity (Wildman–Crippen MR) is 75.0 cm³/mol. The van der Waals surface area contributed by atoms with Gasteiger partial charge in [0.15, 0.2) is 9.84 Å². The van der Waals surface area contributed by atoms with E-state index in [0.717, 1.165) is 0 Å². The average Bonchev–Trinajstić information content (AvgIpc) is 2.54. The van der Waals surface area contributed by atoms with E-state index in [1.807, 2.05) is 0 Å². The van der Waals surface area contributed by atoms with Crippen LogP contribution in [0.25, 0.3) is 0 Å². The van der Waals surface area contributed by atoms with E-state index in [9.17, 15) is 21.9 Å². The van der Waals surface area contributed by atoms with Gasteiger partial charge in [-0.3, -0.25) is 0 Å². The van der Waals surface area contributed by atoms with Crippen molar-refractivity contribution in [3.8, 4) is 0 Å². The lowest BCUT2D eigenvalue weighted by molar-refractivity contribution is 0.176. The zero-order valence-corrected chi connectivity index (χ0v) is 13.0. The van der Waals surface area contributed by atoms with Gasteiger partial charge in [0.25, 0.3) is 0 Å². The van der Waals surface area contributed by atoms with E-state index in [-0.39, 0.29) is 9.92 Å². The van der Waals surface area contributed by atoms with Crippen molar-refractivity contribution >= 4 is 31.5 Å². The number of aliphatic hydroxyl groups is 1. The minimum Gasteiger partial charge on any atom is -0.390 e. The van der Waals surface area contributed by atoms with E-state index < -0.39 is 43.5 Å². The van der Waals surface area contributed by atoms with Gasteiger partial charge in [0.05, 0.1) is 28.5 Å². The molecule has 2 N–H and O–H groups in total. The zero-order chi connectivity index (χ0) is 15.1. The normalized spacial score (nSPS) is 25.8. The van der Waals surface area contributed by atoms with Gasteiger partial charge in [0.1, 0.15) is 0 Å². The van der Waals surface area contributed by atoms with Gasteiger partial charge < -0.3 is 5.11 Å². The van der Waals surface area contributed by atoms with Gasteiger partial charge >= 0.3 is 0 Å². The molecule has 6 nitrogen and oxygen atoms in total. The predicted octanol–water partition coefficient (Wildman–Crippen LogP) is 0.0846. The Morgan fingerprint density at radius 1 is 1.35 bits per heavy atom. The standard InChI is InChI=1S/C11H14ClNO5S2/c1-7-2-3-8(12)4-11(7)20(17,18)13-9-5-19(15,16)6-10(9)14/h2-4,9-10,13-14H,5-6H2,1H3/t9-,10+/m1/s1. The number of benzene rings is 1. The number of nitrogens with one attached hydrogen (secondary N) is 1. The van der Waals surface area contributed by atoms with Crippen molar-refractivity contribution in [3.63, 3.8) is 0 Å². The molecular formula is C11H14ClNO5S2. The molecule has 0 bridgehead atoms. The largest absolute Gasteiger partial charge is 0.390 e. The van der Waals surface area contributed by atoms with Crippen LogP contribution < -0.4 is 4.72 Å². The third kappa shape index (κ3) is 3.32. The first-order valence-electron chi connectivity index (χ1n) is 5.78. The molecule has 0 spiro atoms. The second kappa shape index (κ2) is 5.27. The SMILES string of the molecule is Cc1ccc(Cl)cc1S(=O)(=O)N[C@@H]1CS(=O)(=O)C[C@@H]1O. The van der Waals surface area contributed by atoms with E-state index in [2.05, 4.69) is 4.72 Å². The maximum absolute atomic E-state index is 12.2. The molecular weight excluding hydrogens is 326 g/mol. The highest BCUT2D eigenvalue weighted by atomic mass is 35.5. The lowest BCUT2D eigenvalue weighted by Gasteiger charge is -2.16. The summed E-state index contributed by atoms with van der Waals surface area (Å²) in [6.07, 6.45) is -1.24. The topological polar surface area (TPSA) is 101 Å². The zero-order valence-electron chi connectivity index (χ0n) is 10.6. The van der Waals surface area contributed by atoms with E-state index in [4.69, 9.17) is 11.6 Å². The molecule has 0 aromatic heterocycles. The van der Waals surface area contributed by atoms with Gasteiger partial charge in [-0.2, -0.15) is 0 Å². The number of halogens is 1. The molecule has 2 atom stereocenters. The Morgan fingerprint density at radius 2 is 2.00 bits per heavy atom. The summed E-state index contributed by atoms with van der Waals surface area (Å²) in [6.45, 7) is 1.60. The Bertz CT molecular complexity index is 729. The molecule has 1 heterocycles. The van der Waals surface area contributed by atoms with Crippen LogP contribution in [0.2, 0.25) is 5.02 Å². The highest BCUT2D eigenvalue weighted by molar-refractivity contribution is 7.92. The van der Waals surface area contributed by atoms with E-state index in [1.165, 1.54) is 6.07 Å². The fraction of sp³-hybridized carbons (Fsp3) is 0.455. The highest BCUT2D eigenvalue weighted by Crippen LogP contribution is 2.22. The van der Waals surface area contributed by atoms with Gasteiger partial charge in [-0.1, -0.05) is 17.7 Å². The summed E-state index contributed by atoms with van der Waals surface area (Å²) in [4.78, 5) is -0.0264. The first kappa shape index (κ1) is 15.7. The lowest BCUT2D eigenvalue weighted by Crippen LogP contribution is -2.42. The molecule has 0 amide bonds. The average molecular weight is 340 g/mol. The number of rotatable bonds is 3. The van der Waals surface area contributed by atoms with Gasteiger partial charge in [-0.05, 0) is 24.6 Å². The summed E-state index contributed by atoms with van der Waals surface area (Å²) in [7, 11) is -7.36. The smallest absolute Gasteiger partial charge is 0.241 e.